The van der Waals surface area contributed by atoms with Gasteiger partial charge in [-0.05, 0) is 13.0 Å². The Hall–Kier alpha value is -0.220. The van der Waals surface area contributed by atoms with Crippen molar-refractivity contribution in [1.82, 2.24) is 10.6 Å². The third-order valence-electron chi connectivity index (χ3n) is 1.47. The highest BCUT2D eigenvalue weighted by atomic mass is 32.1. The van der Waals surface area contributed by atoms with E-state index >= 15 is 0 Å². The van der Waals surface area contributed by atoms with Gasteiger partial charge in [0.05, 0.1) is 0 Å². The van der Waals surface area contributed by atoms with Gasteiger partial charge < -0.3 is 10.6 Å². The van der Waals surface area contributed by atoms with E-state index in [0.29, 0.717) is 6.04 Å². The van der Waals surface area contributed by atoms with Crippen LogP contribution in [0.25, 0.3) is 0 Å². The van der Waals surface area contributed by atoms with Gasteiger partial charge in [-0.25, -0.2) is 0 Å². The highest BCUT2D eigenvalue weighted by molar-refractivity contribution is 7.59. The zero-order valence-electron chi connectivity index (χ0n) is 6.11. The van der Waals surface area contributed by atoms with Gasteiger partial charge in [-0.15, -0.1) is 0 Å². The van der Waals surface area contributed by atoms with E-state index in [0.717, 1.165) is 19.5 Å². The predicted molar refractivity (Wildman–Crippen MR) is 45.5 cm³/mol. The van der Waals surface area contributed by atoms with Crippen LogP contribution in [0.3, 0.4) is 0 Å². The van der Waals surface area contributed by atoms with Crippen molar-refractivity contribution in [2.75, 3.05) is 13.1 Å². The molecule has 0 aromatic carbocycles. The lowest BCUT2D eigenvalue weighted by Crippen LogP contribution is -2.34. The Morgan fingerprint density at radius 2 is 2.40 bits per heavy atom. The molecule has 1 saturated heterocycles. The Bertz CT molecular complexity index is 112. The van der Waals surface area contributed by atoms with Crippen molar-refractivity contribution in [3.8, 4) is 0 Å². The van der Waals surface area contributed by atoms with Gasteiger partial charge in [0, 0.05) is 19.5 Å². The summed E-state index contributed by atoms with van der Waals surface area (Å²) in [6.07, 6.45) is 1.07. The Morgan fingerprint density at radius 3 is 2.80 bits per heavy atom. The molecule has 0 saturated carbocycles. The molecule has 0 aromatic heterocycles. The van der Waals surface area contributed by atoms with Crippen LogP contribution >= 0.6 is 13.5 Å². The lowest BCUT2D eigenvalue weighted by molar-refractivity contribution is -0.119. The van der Waals surface area contributed by atoms with Crippen LogP contribution in [0.4, 0.5) is 0 Å². The lowest BCUT2D eigenvalue weighted by atomic mass is 10.3. The summed E-state index contributed by atoms with van der Waals surface area (Å²) in [5.41, 5.74) is 0. The fourth-order valence-corrected chi connectivity index (χ4v) is 1.07. The normalized spacial score (nSPS) is 23.5. The van der Waals surface area contributed by atoms with Crippen LogP contribution in [0, 0.1) is 0 Å². The van der Waals surface area contributed by atoms with Gasteiger partial charge in [-0.2, -0.15) is 13.5 Å². The fourth-order valence-electron chi connectivity index (χ4n) is 1.07. The largest absolute Gasteiger partial charge is 0.352 e. The Kier molecular flexibility index (Phi) is 4.47. The second kappa shape index (κ2) is 4.57. The molecule has 0 aliphatic carbocycles. The molecular formula is C6H14N2OS. The number of carbonyl (C=O) groups is 1. The van der Waals surface area contributed by atoms with Crippen LogP contribution in [0.2, 0.25) is 0 Å². The lowest BCUT2D eigenvalue weighted by Gasteiger charge is -2.07. The number of nitrogens with one attached hydrogen (secondary N) is 2. The summed E-state index contributed by atoms with van der Waals surface area (Å²) in [6, 6.07) is 0.377. The zero-order valence-corrected chi connectivity index (χ0v) is 7.11. The first-order chi connectivity index (χ1) is 4.29. The van der Waals surface area contributed by atoms with Gasteiger partial charge >= 0.3 is 0 Å². The van der Waals surface area contributed by atoms with Crippen LogP contribution in [-0.4, -0.2) is 25.0 Å². The van der Waals surface area contributed by atoms with Gasteiger partial charge in [0.1, 0.15) is 0 Å². The minimum absolute atomic E-state index is 0. The fraction of sp³-hybridized carbons (Fsp3) is 0.833. The van der Waals surface area contributed by atoms with E-state index in [2.05, 4.69) is 10.6 Å². The van der Waals surface area contributed by atoms with Gasteiger partial charge in [0.2, 0.25) is 5.91 Å². The Labute approximate surface area is 68.0 Å². The van der Waals surface area contributed by atoms with Crippen molar-refractivity contribution in [1.29, 1.82) is 0 Å². The third-order valence-corrected chi connectivity index (χ3v) is 1.47. The molecule has 1 amide bonds. The number of hydrogen-bond acceptors (Lipinski definition) is 2. The Balaban J connectivity index is 0.000000810. The van der Waals surface area contributed by atoms with E-state index in [-0.39, 0.29) is 19.4 Å². The maximum Gasteiger partial charge on any atom is 0.217 e. The summed E-state index contributed by atoms with van der Waals surface area (Å²) >= 11 is 0. The molecule has 0 spiro atoms. The van der Waals surface area contributed by atoms with Gasteiger partial charge in [0.15, 0.2) is 0 Å². The van der Waals surface area contributed by atoms with Gasteiger partial charge in [-0.1, -0.05) is 0 Å². The van der Waals surface area contributed by atoms with Crippen LogP contribution in [0.5, 0.6) is 0 Å². The van der Waals surface area contributed by atoms with Crippen molar-refractivity contribution in [2.45, 2.75) is 19.4 Å². The zero-order chi connectivity index (χ0) is 6.69. The third kappa shape index (κ3) is 3.08. The van der Waals surface area contributed by atoms with Crippen molar-refractivity contribution < 1.29 is 4.79 Å². The van der Waals surface area contributed by atoms with Gasteiger partial charge in [-0.3, -0.25) is 4.79 Å². The van der Waals surface area contributed by atoms with E-state index in [4.69, 9.17) is 0 Å². The maximum atomic E-state index is 10.5. The van der Waals surface area contributed by atoms with Crippen molar-refractivity contribution in [3.63, 3.8) is 0 Å². The molecule has 10 heavy (non-hydrogen) atoms. The number of amides is 1. The molecule has 1 aliphatic rings. The molecular weight excluding hydrogens is 148 g/mol. The van der Waals surface area contributed by atoms with Crippen molar-refractivity contribution >= 4 is 19.4 Å². The van der Waals surface area contributed by atoms with Crippen molar-refractivity contribution in [3.05, 3.63) is 0 Å². The van der Waals surface area contributed by atoms with E-state index in [9.17, 15) is 4.79 Å². The average molecular weight is 162 g/mol. The summed E-state index contributed by atoms with van der Waals surface area (Å²) in [5.74, 6) is 0.0729. The van der Waals surface area contributed by atoms with Crippen molar-refractivity contribution in [2.24, 2.45) is 0 Å². The molecule has 0 bridgehead atoms. The van der Waals surface area contributed by atoms with E-state index in [1.54, 1.807) is 6.92 Å². The molecule has 2 N–H and O–H groups in total. The Morgan fingerprint density at radius 1 is 1.70 bits per heavy atom. The highest BCUT2D eigenvalue weighted by Crippen LogP contribution is 1.95. The topological polar surface area (TPSA) is 41.1 Å². The summed E-state index contributed by atoms with van der Waals surface area (Å²) in [6.45, 7) is 3.52. The second-order valence-electron chi connectivity index (χ2n) is 2.39. The summed E-state index contributed by atoms with van der Waals surface area (Å²) < 4.78 is 0. The van der Waals surface area contributed by atoms with E-state index in [1.807, 2.05) is 0 Å². The summed E-state index contributed by atoms with van der Waals surface area (Å²) in [7, 11) is 0. The number of carbonyl (C=O) groups excluding carboxylic acids is 1. The van der Waals surface area contributed by atoms with Crippen LogP contribution in [-0.2, 0) is 4.79 Å². The monoisotopic (exact) mass is 162 g/mol. The standard InChI is InChI=1S/C6H12N2O.H2S/c1-5(9)8-6-2-3-7-4-6;/h6-7H,2-4H2,1H3,(H,8,9);1H2. The highest BCUT2D eigenvalue weighted by Gasteiger charge is 2.13. The molecule has 1 unspecified atom stereocenters. The van der Waals surface area contributed by atoms with Crippen LogP contribution in [0.1, 0.15) is 13.3 Å². The minimum Gasteiger partial charge on any atom is -0.352 e. The SMILES string of the molecule is CC(=O)NC1CCNC1.S. The molecule has 1 heterocycles. The van der Waals surface area contributed by atoms with Crippen LogP contribution < -0.4 is 10.6 Å². The quantitative estimate of drug-likeness (QED) is 0.551. The first kappa shape index (κ1) is 9.78. The molecule has 1 aliphatic heterocycles. The molecule has 1 atom stereocenters. The molecule has 1 rings (SSSR count). The van der Waals surface area contributed by atoms with E-state index < -0.39 is 0 Å². The smallest absolute Gasteiger partial charge is 0.217 e. The van der Waals surface area contributed by atoms with E-state index in [1.165, 1.54) is 0 Å². The molecule has 4 heteroatoms. The summed E-state index contributed by atoms with van der Waals surface area (Å²) in [4.78, 5) is 10.5. The maximum absolute atomic E-state index is 10.5. The molecule has 3 nitrogen and oxygen atoms in total. The van der Waals surface area contributed by atoms with Crippen LogP contribution in [0.15, 0.2) is 0 Å². The first-order valence-electron chi connectivity index (χ1n) is 3.27. The number of rotatable bonds is 1. The molecule has 0 aromatic rings. The predicted octanol–water partition coefficient (Wildman–Crippen LogP) is -0.403. The average Bonchev–Trinajstić information content (AvgIpc) is 2.15. The van der Waals surface area contributed by atoms with Gasteiger partial charge in [0.25, 0.3) is 0 Å². The number of hydrogen-bond donors (Lipinski definition) is 2. The summed E-state index contributed by atoms with van der Waals surface area (Å²) in [5, 5.41) is 6.00. The molecule has 0 radical (unpaired) electrons. The molecule has 60 valence electrons. The molecule has 1 fully saturated rings. The minimum atomic E-state index is 0. The first-order valence-corrected chi connectivity index (χ1v) is 3.27. The second-order valence-corrected chi connectivity index (χ2v) is 2.39.